The molecule has 0 spiro atoms. The van der Waals surface area contributed by atoms with Crippen molar-refractivity contribution in [3.63, 3.8) is 0 Å². The van der Waals surface area contributed by atoms with Gasteiger partial charge in [0.05, 0.1) is 0 Å². The van der Waals surface area contributed by atoms with Crippen LogP contribution in [-0.2, 0) is 0 Å². The SMILES string of the molecule is CC1=CC(=C(C#N)C#N)C=C(C)N1c1ccc(O)cc1. The molecule has 0 saturated heterocycles. The summed E-state index contributed by atoms with van der Waals surface area (Å²) in [4.78, 5) is 2.00. The van der Waals surface area contributed by atoms with E-state index in [1.807, 2.05) is 55.2 Å². The summed E-state index contributed by atoms with van der Waals surface area (Å²) in [7, 11) is 0. The third kappa shape index (κ3) is 2.41. The molecule has 1 aromatic rings. The van der Waals surface area contributed by atoms with Gasteiger partial charge < -0.3 is 10.0 Å². The molecule has 0 saturated carbocycles. The Morgan fingerprint density at radius 3 is 1.95 bits per heavy atom. The molecule has 2 rings (SSSR count). The summed E-state index contributed by atoms with van der Waals surface area (Å²) in [5.41, 5.74) is 3.47. The standard InChI is InChI=1S/C16H13N3O/c1-11-7-13(14(9-17)10-18)8-12(2)19(11)15-3-5-16(20)6-4-15/h3-8,20H,1-2H3. The number of anilines is 1. The summed E-state index contributed by atoms with van der Waals surface area (Å²) in [5.74, 6) is 0.214. The van der Waals surface area contributed by atoms with Crippen molar-refractivity contribution in [3.05, 3.63) is 59.0 Å². The maximum absolute atomic E-state index is 9.34. The number of phenolic OH excluding ortho intramolecular Hbond substituents is 1. The third-order valence-corrected chi connectivity index (χ3v) is 3.05. The number of aromatic hydroxyl groups is 1. The minimum Gasteiger partial charge on any atom is -0.508 e. The van der Waals surface area contributed by atoms with Gasteiger partial charge in [0.2, 0.25) is 0 Å². The Labute approximate surface area is 117 Å². The summed E-state index contributed by atoms with van der Waals surface area (Å²) in [5, 5.41) is 27.2. The molecule has 0 atom stereocenters. The number of hydrogen-bond acceptors (Lipinski definition) is 4. The molecular weight excluding hydrogens is 250 g/mol. The number of rotatable bonds is 1. The predicted octanol–water partition coefficient (Wildman–Crippen LogP) is 3.36. The summed E-state index contributed by atoms with van der Waals surface area (Å²) < 4.78 is 0. The highest BCUT2D eigenvalue weighted by molar-refractivity contribution is 5.65. The lowest BCUT2D eigenvalue weighted by atomic mass is 10.0. The fourth-order valence-electron chi connectivity index (χ4n) is 2.21. The molecule has 0 unspecified atom stereocenters. The molecule has 0 radical (unpaired) electrons. The predicted molar refractivity (Wildman–Crippen MR) is 76.4 cm³/mol. The normalized spacial score (nSPS) is 14.0. The van der Waals surface area contributed by atoms with Crippen molar-refractivity contribution < 1.29 is 5.11 Å². The summed E-state index contributed by atoms with van der Waals surface area (Å²) in [6.45, 7) is 3.82. The smallest absolute Gasteiger partial charge is 0.137 e. The van der Waals surface area contributed by atoms with E-state index in [1.54, 1.807) is 12.1 Å². The Morgan fingerprint density at radius 2 is 1.50 bits per heavy atom. The molecule has 1 aliphatic rings. The minimum atomic E-state index is 0.106. The monoisotopic (exact) mass is 263 g/mol. The van der Waals surface area contributed by atoms with Crippen LogP contribution in [0.25, 0.3) is 0 Å². The highest BCUT2D eigenvalue weighted by Crippen LogP contribution is 2.31. The fraction of sp³-hybridized carbons (Fsp3) is 0.125. The van der Waals surface area contributed by atoms with Gasteiger partial charge >= 0.3 is 0 Å². The van der Waals surface area contributed by atoms with Crippen molar-refractivity contribution >= 4 is 5.69 Å². The number of hydrogen-bond donors (Lipinski definition) is 1. The van der Waals surface area contributed by atoms with E-state index < -0.39 is 0 Å². The first-order valence-corrected chi connectivity index (χ1v) is 6.07. The topological polar surface area (TPSA) is 71.0 Å². The zero-order valence-electron chi connectivity index (χ0n) is 11.3. The van der Waals surface area contributed by atoms with Gasteiger partial charge in [-0.25, -0.2) is 0 Å². The summed E-state index contributed by atoms with van der Waals surface area (Å²) >= 11 is 0. The molecule has 1 heterocycles. The lowest BCUT2D eigenvalue weighted by molar-refractivity contribution is 0.475. The molecule has 1 aliphatic heterocycles. The molecule has 0 fully saturated rings. The molecule has 0 aliphatic carbocycles. The van der Waals surface area contributed by atoms with E-state index >= 15 is 0 Å². The van der Waals surface area contributed by atoms with Crippen LogP contribution >= 0.6 is 0 Å². The van der Waals surface area contributed by atoms with Crippen LogP contribution in [0.15, 0.2) is 59.0 Å². The largest absolute Gasteiger partial charge is 0.508 e. The van der Waals surface area contributed by atoms with Gasteiger partial charge in [0.1, 0.15) is 23.5 Å². The molecule has 4 heteroatoms. The van der Waals surface area contributed by atoms with Gasteiger partial charge in [-0.2, -0.15) is 10.5 Å². The van der Waals surface area contributed by atoms with Crippen LogP contribution in [0.4, 0.5) is 5.69 Å². The highest BCUT2D eigenvalue weighted by Gasteiger charge is 2.17. The molecule has 4 nitrogen and oxygen atoms in total. The molecule has 98 valence electrons. The Hall–Kier alpha value is -2.98. The van der Waals surface area contributed by atoms with E-state index in [4.69, 9.17) is 10.5 Å². The average Bonchev–Trinajstić information content (AvgIpc) is 2.41. The number of benzene rings is 1. The van der Waals surface area contributed by atoms with E-state index in [-0.39, 0.29) is 11.3 Å². The molecule has 0 bridgehead atoms. The van der Waals surface area contributed by atoms with Crippen molar-refractivity contribution in [2.75, 3.05) is 4.90 Å². The van der Waals surface area contributed by atoms with Crippen molar-refractivity contribution in [2.24, 2.45) is 0 Å². The maximum Gasteiger partial charge on any atom is 0.137 e. The average molecular weight is 263 g/mol. The molecule has 20 heavy (non-hydrogen) atoms. The third-order valence-electron chi connectivity index (χ3n) is 3.05. The Morgan fingerprint density at radius 1 is 1.00 bits per heavy atom. The van der Waals surface area contributed by atoms with Crippen LogP contribution in [0.2, 0.25) is 0 Å². The second-order valence-electron chi connectivity index (χ2n) is 4.48. The van der Waals surface area contributed by atoms with Gasteiger partial charge in [0.15, 0.2) is 0 Å². The van der Waals surface area contributed by atoms with Crippen LogP contribution in [0.5, 0.6) is 5.75 Å². The van der Waals surface area contributed by atoms with Gasteiger partial charge in [0, 0.05) is 22.7 Å². The lowest BCUT2D eigenvalue weighted by Crippen LogP contribution is -2.21. The van der Waals surface area contributed by atoms with E-state index in [2.05, 4.69) is 0 Å². The van der Waals surface area contributed by atoms with Gasteiger partial charge in [-0.05, 0) is 50.3 Å². The Kier molecular flexibility index (Phi) is 3.59. The van der Waals surface area contributed by atoms with Crippen molar-refractivity contribution in [3.8, 4) is 17.9 Å². The van der Waals surface area contributed by atoms with Crippen molar-refractivity contribution in [1.82, 2.24) is 0 Å². The number of nitriles is 2. The fourth-order valence-corrected chi connectivity index (χ4v) is 2.21. The quantitative estimate of drug-likeness (QED) is 0.788. The molecular formula is C16H13N3O. The highest BCUT2D eigenvalue weighted by atomic mass is 16.3. The van der Waals surface area contributed by atoms with Crippen LogP contribution in [0.3, 0.4) is 0 Å². The van der Waals surface area contributed by atoms with Crippen molar-refractivity contribution in [1.29, 1.82) is 10.5 Å². The van der Waals surface area contributed by atoms with Crippen LogP contribution in [0, 0.1) is 22.7 Å². The van der Waals surface area contributed by atoms with Gasteiger partial charge in [-0.1, -0.05) is 0 Å². The van der Waals surface area contributed by atoms with Crippen LogP contribution in [0.1, 0.15) is 13.8 Å². The van der Waals surface area contributed by atoms with Gasteiger partial charge in [0.25, 0.3) is 0 Å². The summed E-state index contributed by atoms with van der Waals surface area (Å²) in [6.07, 6.45) is 3.61. The molecule has 0 aromatic heterocycles. The first-order chi connectivity index (χ1) is 9.56. The number of nitrogens with zero attached hydrogens (tertiary/aromatic N) is 3. The minimum absolute atomic E-state index is 0.106. The number of phenols is 1. The van der Waals surface area contributed by atoms with Gasteiger partial charge in [-0.3, -0.25) is 0 Å². The van der Waals surface area contributed by atoms with Crippen molar-refractivity contribution in [2.45, 2.75) is 13.8 Å². The first kappa shape index (κ1) is 13.5. The number of allylic oxidation sites excluding steroid dienone is 6. The second kappa shape index (κ2) is 5.34. The first-order valence-electron chi connectivity index (χ1n) is 6.07. The lowest BCUT2D eigenvalue weighted by Gasteiger charge is -2.29. The maximum atomic E-state index is 9.34. The van der Waals surface area contributed by atoms with E-state index in [0.717, 1.165) is 17.1 Å². The zero-order chi connectivity index (χ0) is 14.7. The molecule has 0 amide bonds. The van der Waals surface area contributed by atoms with Crippen LogP contribution in [-0.4, -0.2) is 5.11 Å². The summed E-state index contributed by atoms with van der Waals surface area (Å²) in [6, 6.07) is 10.7. The van der Waals surface area contributed by atoms with E-state index in [0.29, 0.717) is 5.57 Å². The molecule has 1 N–H and O–H groups in total. The van der Waals surface area contributed by atoms with E-state index in [1.165, 1.54) is 0 Å². The Bertz CT molecular complexity index is 672. The van der Waals surface area contributed by atoms with E-state index in [9.17, 15) is 5.11 Å². The van der Waals surface area contributed by atoms with Gasteiger partial charge in [-0.15, -0.1) is 0 Å². The second-order valence-corrected chi connectivity index (χ2v) is 4.48. The Balaban J connectivity index is 2.48. The zero-order valence-corrected chi connectivity index (χ0v) is 11.3. The molecule has 1 aromatic carbocycles. The van der Waals surface area contributed by atoms with Crippen LogP contribution < -0.4 is 4.90 Å².